The quantitative estimate of drug-likeness (QED) is 0.465. The van der Waals surface area contributed by atoms with Gasteiger partial charge in [0.2, 0.25) is 11.8 Å². The molecule has 27 heavy (non-hydrogen) atoms. The number of ether oxygens (including phenoxy) is 1. The fraction of sp³-hybridized carbons (Fsp3) is 0.409. The zero-order valence-electron chi connectivity index (χ0n) is 16.0. The molecule has 2 bridgehead atoms. The fourth-order valence-corrected chi connectivity index (χ4v) is 4.86. The van der Waals surface area contributed by atoms with Gasteiger partial charge >= 0.3 is 0 Å². The molecule has 1 aromatic rings. The number of imide groups is 1. The van der Waals surface area contributed by atoms with E-state index >= 15 is 0 Å². The van der Waals surface area contributed by atoms with Crippen molar-refractivity contribution in [2.24, 2.45) is 23.7 Å². The Morgan fingerprint density at radius 1 is 1.04 bits per heavy atom. The van der Waals surface area contributed by atoms with E-state index in [1.807, 2.05) is 20.8 Å². The number of hydrogen-bond donors (Lipinski definition) is 0. The zero-order chi connectivity index (χ0) is 19.5. The van der Waals surface area contributed by atoms with E-state index in [1.165, 1.54) is 23.0 Å². The van der Waals surface area contributed by atoms with Crippen LogP contribution in [0.15, 0.2) is 41.5 Å². The first-order chi connectivity index (χ1) is 12.9. The minimum absolute atomic E-state index is 0.00187. The van der Waals surface area contributed by atoms with E-state index in [0.717, 1.165) is 0 Å². The lowest BCUT2D eigenvalue weighted by Gasteiger charge is -2.22. The van der Waals surface area contributed by atoms with E-state index in [0.29, 0.717) is 23.6 Å². The van der Waals surface area contributed by atoms with Gasteiger partial charge in [-0.1, -0.05) is 23.3 Å². The molecular formula is C22H23NO4. The van der Waals surface area contributed by atoms with Crippen molar-refractivity contribution in [3.63, 3.8) is 0 Å². The van der Waals surface area contributed by atoms with Gasteiger partial charge < -0.3 is 4.74 Å². The Hall–Kier alpha value is -2.69. The maximum absolute atomic E-state index is 13.3. The van der Waals surface area contributed by atoms with Crippen LogP contribution in [0.3, 0.4) is 0 Å². The molecule has 2 fully saturated rings. The smallest absolute Gasteiger partial charge is 0.238 e. The number of carbonyl (C=O) groups excluding carboxylic acids is 3. The normalized spacial score (nSPS) is 28.1. The highest BCUT2D eigenvalue weighted by atomic mass is 16.5. The lowest BCUT2D eigenvalue weighted by Crippen LogP contribution is -2.33. The summed E-state index contributed by atoms with van der Waals surface area (Å²) < 4.78 is 5.65. The number of amides is 2. The Labute approximate surface area is 158 Å². The van der Waals surface area contributed by atoms with Gasteiger partial charge in [0.1, 0.15) is 5.75 Å². The van der Waals surface area contributed by atoms with Crippen LogP contribution in [0.25, 0.3) is 0 Å². The minimum Gasteiger partial charge on any atom is -0.492 e. The van der Waals surface area contributed by atoms with Crippen LogP contribution in [0.1, 0.15) is 38.1 Å². The molecule has 1 saturated heterocycles. The third kappa shape index (κ3) is 2.41. The van der Waals surface area contributed by atoms with E-state index < -0.39 is 0 Å². The molecule has 1 saturated carbocycles. The number of ketones is 1. The molecule has 1 heterocycles. The van der Waals surface area contributed by atoms with Gasteiger partial charge in [0, 0.05) is 17.4 Å². The molecule has 0 spiro atoms. The van der Waals surface area contributed by atoms with Crippen molar-refractivity contribution in [2.75, 3.05) is 11.5 Å². The van der Waals surface area contributed by atoms with Crippen LogP contribution >= 0.6 is 0 Å². The van der Waals surface area contributed by atoms with Crippen molar-refractivity contribution in [3.05, 3.63) is 47.1 Å². The summed E-state index contributed by atoms with van der Waals surface area (Å²) >= 11 is 0. The molecule has 5 heteroatoms. The van der Waals surface area contributed by atoms with Gasteiger partial charge in [-0.3, -0.25) is 14.4 Å². The van der Waals surface area contributed by atoms with Gasteiger partial charge in [-0.05, 0) is 45.9 Å². The molecule has 2 amide bonds. The largest absolute Gasteiger partial charge is 0.492 e. The second kappa shape index (κ2) is 6.19. The molecule has 1 aromatic carbocycles. The third-order valence-corrected chi connectivity index (χ3v) is 5.90. The first kappa shape index (κ1) is 17.7. The number of hydrogen-bond acceptors (Lipinski definition) is 4. The molecular weight excluding hydrogens is 342 g/mol. The molecule has 4 atom stereocenters. The molecule has 1 aliphatic heterocycles. The standard InChI is InChI=1S/C22H23NO4/c1-5-27-17-9-6-13(12(4)24)10-16(17)23-21(25)19-14-7-8-15(18(14)11(2)3)20(19)22(23)26/h6-10,14-15,19-20H,5H2,1-4H3/t14-,15-,19-,20-/m0/s1. The fourth-order valence-electron chi connectivity index (χ4n) is 4.86. The SMILES string of the molecule is CCOc1ccc(C(C)=O)cc1N1C(=O)[C@@H]2[C@@H](C1=O)[C@H]1C=C[C@H]2C1=C(C)C. The van der Waals surface area contributed by atoms with Gasteiger partial charge in [0.15, 0.2) is 5.78 Å². The number of allylic oxidation sites excluding steroid dienone is 4. The number of carbonyl (C=O) groups is 3. The van der Waals surface area contributed by atoms with Crippen LogP contribution in [-0.2, 0) is 9.59 Å². The molecule has 0 radical (unpaired) electrons. The number of nitrogens with zero attached hydrogens (tertiary/aromatic N) is 1. The third-order valence-electron chi connectivity index (χ3n) is 5.90. The van der Waals surface area contributed by atoms with E-state index in [2.05, 4.69) is 12.2 Å². The van der Waals surface area contributed by atoms with Gasteiger partial charge in [0.05, 0.1) is 24.1 Å². The van der Waals surface area contributed by atoms with Crippen molar-refractivity contribution >= 4 is 23.3 Å². The van der Waals surface area contributed by atoms with Crippen LogP contribution in [0.4, 0.5) is 5.69 Å². The van der Waals surface area contributed by atoms with Gasteiger partial charge in [0.25, 0.3) is 0 Å². The van der Waals surface area contributed by atoms with Crippen molar-refractivity contribution in [2.45, 2.75) is 27.7 Å². The van der Waals surface area contributed by atoms with Crippen molar-refractivity contribution in [1.82, 2.24) is 0 Å². The lowest BCUT2D eigenvalue weighted by molar-refractivity contribution is -0.123. The average Bonchev–Trinajstić information content (AvgIpc) is 3.26. The molecule has 0 unspecified atom stereocenters. The molecule has 5 nitrogen and oxygen atoms in total. The van der Waals surface area contributed by atoms with Crippen LogP contribution in [0, 0.1) is 23.7 Å². The van der Waals surface area contributed by atoms with Crippen LogP contribution < -0.4 is 9.64 Å². The molecule has 140 valence electrons. The average molecular weight is 365 g/mol. The number of Topliss-reactive ketones (excluding diaryl/α,β-unsaturated/α-hetero) is 1. The van der Waals surface area contributed by atoms with Crippen molar-refractivity contribution < 1.29 is 19.1 Å². The van der Waals surface area contributed by atoms with Crippen LogP contribution in [0.2, 0.25) is 0 Å². The summed E-state index contributed by atoms with van der Waals surface area (Å²) in [5, 5.41) is 0. The summed E-state index contributed by atoms with van der Waals surface area (Å²) in [5.41, 5.74) is 3.24. The Kier molecular flexibility index (Phi) is 4.06. The maximum Gasteiger partial charge on any atom is 0.238 e. The Morgan fingerprint density at radius 3 is 2.11 bits per heavy atom. The van der Waals surface area contributed by atoms with Gasteiger partial charge in [-0.25, -0.2) is 4.90 Å². The van der Waals surface area contributed by atoms with Crippen molar-refractivity contribution in [1.29, 1.82) is 0 Å². The van der Waals surface area contributed by atoms with Gasteiger partial charge in [-0.15, -0.1) is 0 Å². The van der Waals surface area contributed by atoms with Crippen LogP contribution in [0.5, 0.6) is 5.75 Å². The monoisotopic (exact) mass is 365 g/mol. The summed E-state index contributed by atoms with van der Waals surface area (Å²) in [6.45, 7) is 7.80. The Balaban J connectivity index is 1.79. The van der Waals surface area contributed by atoms with Crippen molar-refractivity contribution in [3.8, 4) is 5.75 Å². The highest BCUT2D eigenvalue weighted by molar-refractivity contribution is 6.24. The molecule has 0 N–H and O–H groups in total. The summed E-state index contributed by atoms with van der Waals surface area (Å²) in [6.07, 6.45) is 4.14. The number of benzene rings is 1. The highest BCUT2D eigenvalue weighted by Crippen LogP contribution is 2.57. The van der Waals surface area contributed by atoms with Gasteiger partial charge in [-0.2, -0.15) is 0 Å². The Morgan fingerprint density at radius 2 is 1.63 bits per heavy atom. The molecule has 3 aliphatic rings. The summed E-state index contributed by atoms with van der Waals surface area (Å²) in [7, 11) is 0. The van der Waals surface area contributed by atoms with E-state index in [4.69, 9.17) is 4.74 Å². The lowest BCUT2D eigenvalue weighted by atomic mass is 9.85. The molecule has 2 aliphatic carbocycles. The first-order valence-corrected chi connectivity index (χ1v) is 9.38. The second-order valence-electron chi connectivity index (χ2n) is 7.63. The number of fused-ring (bicyclic) bond motifs is 5. The number of anilines is 1. The number of rotatable bonds is 4. The maximum atomic E-state index is 13.3. The minimum atomic E-state index is -0.354. The first-order valence-electron chi connectivity index (χ1n) is 9.38. The van der Waals surface area contributed by atoms with E-state index in [9.17, 15) is 14.4 Å². The second-order valence-corrected chi connectivity index (χ2v) is 7.63. The molecule has 4 rings (SSSR count). The summed E-state index contributed by atoms with van der Waals surface area (Å²) in [4.78, 5) is 39.7. The van der Waals surface area contributed by atoms with E-state index in [-0.39, 0.29) is 41.3 Å². The topological polar surface area (TPSA) is 63.7 Å². The predicted molar refractivity (Wildman–Crippen MR) is 102 cm³/mol. The molecule has 0 aromatic heterocycles. The zero-order valence-corrected chi connectivity index (χ0v) is 16.0. The van der Waals surface area contributed by atoms with E-state index in [1.54, 1.807) is 18.2 Å². The van der Waals surface area contributed by atoms with Crippen LogP contribution in [-0.4, -0.2) is 24.2 Å². The summed E-state index contributed by atoms with van der Waals surface area (Å²) in [5.74, 6) is -0.764. The highest BCUT2D eigenvalue weighted by Gasteiger charge is 2.62. The Bertz CT molecular complexity index is 888. The summed E-state index contributed by atoms with van der Waals surface area (Å²) in [6, 6.07) is 4.93. The predicted octanol–water partition coefficient (Wildman–Crippen LogP) is 3.55.